The Hall–Kier alpha value is -3.30. The minimum absolute atomic E-state index is 0.00164. The van der Waals surface area contributed by atoms with Gasteiger partial charge in [-0.3, -0.25) is 19.4 Å². The Morgan fingerprint density at radius 1 is 1.21 bits per heavy atom. The van der Waals surface area contributed by atoms with Crippen LogP contribution in [0.25, 0.3) is 17.0 Å². The first-order chi connectivity index (χ1) is 16.2. The van der Waals surface area contributed by atoms with E-state index in [2.05, 4.69) is 14.6 Å². The fourth-order valence-electron chi connectivity index (χ4n) is 4.17. The SMILES string of the molecule is CC1CN(Cc2ccc(F)cc2)CCN1C(=O)C=Cc1cc2ncccc2cc1NS(C)(=O)=O. The minimum Gasteiger partial charge on any atom is -0.334 e. The molecule has 1 N–H and O–H groups in total. The van der Waals surface area contributed by atoms with Gasteiger partial charge in [-0.15, -0.1) is 0 Å². The van der Waals surface area contributed by atoms with Crippen molar-refractivity contribution in [2.24, 2.45) is 0 Å². The lowest BCUT2D eigenvalue weighted by Crippen LogP contribution is -2.53. The van der Waals surface area contributed by atoms with Crippen LogP contribution in [0.1, 0.15) is 18.1 Å². The summed E-state index contributed by atoms with van der Waals surface area (Å²) in [5.74, 6) is -0.392. The molecular formula is C25H27FN4O3S. The van der Waals surface area contributed by atoms with E-state index in [0.717, 1.165) is 17.2 Å². The number of rotatable bonds is 6. The first-order valence-electron chi connectivity index (χ1n) is 11.0. The van der Waals surface area contributed by atoms with Gasteiger partial charge in [-0.1, -0.05) is 18.2 Å². The van der Waals surface area contributed by atoms with Crippen molar-refractivity contribution in [3.05, 3.63) is 77.7 Å². The summed E-state index contributed by atoms with van der Waals surface area (Å²) < 4.78 is 39.4. The van der Waals surface area contributed by atoms with Crippen molar-refractivity contribution >= 4 is 38.6 Å². The van der Waals surface area contributed by atoms with E-state index < -0.39 is 10.0 Å². The number of hydrogen-bond acceptors (Lipinski definition) is 5. The molecule has 2 heterocycles. The summed E-state index contributed by atoms with van der Waals surface area (Å²) in [4.78, 5) is 21.3. The van der Waals surface area contributed by atoms with Gasteiger partial charge in [0.15, 0.2) is 0 Å². The molecule has 1 aliphatic rings. The van der Waals surface area contributed by atoms with E-state index in [9.17, 15) is 17.6 Å². The zero-order valence-electron chi connectivity index (χ0n) is 19.1. The molecule has 34 heavy (non-hydrogen) atoms. The zero-order valence-corrected chi connectivity index (χ0v) is 19.9. The van der Waals surface area contributed by atoms with Crippen LogP contribution in [-0.2, 0) is 21.4 Å². The standard InChI is InChI=1S/C25H27FN4O3S/c1-18-16-29(17-19-5-8-22(26)9-6-19)12-13-30(18)25(31)10-7-21-14-23-20(4-3-11-27-23)15-24(21)28-34(2,32)33/h3-11,14-15,18,28H,12-13,16-17H2,1-2H3. The smallest absolute Gasteiger partial charge is 0.246 e. The van der Waals surface area contributed by atoms with Crippen molar-refractivity contribution in [3.8, 4) is 0 Å². The van der Waals surface area contributed by atoms with Crippen molar-refractivity contribution < 1.29 is 17.6 Å². The van der Waals surface area contributed by atoms with Gasteiger partial charge in [0.1, 0.15) is 5.82 Å². The number of piperazine rings is 1. The number of pyridine rings is 1. The highest BCUT2D eigenvalue weighted by atomic mass is 32.2. The number of halogens is 1. The molecule has 0 bridgehead atoms. The Bertz CT molecular complexity index is 1330. The highest BCUT2D eigenvalue weighted by Gasteiger charge is 2.26. The molecule has 1 amide bonds. The topological polar surface area (TPSA) is 82.6 Å². The Balaban J connectivity index is 1.47. The molecule has 1 aromatic heterocycles. The highest BCUT2D eigenvalue weighted by molar-refractivity contribution is 7.92. The molecule has 1 unspecified atom stereocenters. The summed E-state index contributed by atoms with van der Waals surface area (Å²) in [6, 6.07) is 13.6. The lowest BCUT2D eigenvalue weighted by molar-refractivity contribution is -0.130. The predicted molar refractivity (Wildman–Crippen MR) is 132 cm³/mol. The van der Waals surface area contributed by atoms with Crippen molar-refractivity contribution in [1.82, 2.24) is 14.8 Å². The molecule has 0 saturated carbocycles. The van der Waals surface area contributed by atoms with E-state index in [4.69, 9.17) is 0 Å². The number of fused-ring (bicyclic) bond motifs is 1. The van der Waals surface area contributed by atoms with Gasteiger partial charge in [0, 0.05) is 55.4 Å². The van der Waals surface area contributed by atoms with Crippen LogP contribution in [0.2, 0.25) is 0 Å². The summed E-state index contributed by atoms with van der Waals surface area (Å²) in [6.07, 6.45) is 5.86. The number of amides is 1. The van der Waals surface area contributed by atoms with Gasteiger partial charge in [0.25, 0.3) is 0 Å². The number of carbonyl (C=O) groups is 1. The van der Waals surface area contributed by atoms with E-state index in [1.54, 1.807) is 47.5 Å². The van der Waals surface area contributed by atoms with Gasteiger partial charge >= 0.3 is 0 Å². The number of benzene rings is 2. The molecule has 4 rings (SSSR count). The molecule has 2 aromatic carbocycles. The van der Waals surface area contributed by atoms with Gasteiger partial charge in [0.2, 0.25) is 15.9 Å². The van der Waals surface area contributed by atoms with E-state index in [1.807, 2.05) is 13.0 Å². The van der Waals surface area contributed by atoms with E-state index in [1.165, 1.54) is 18.2 Å². The van der Waals surface area contributed by atoms with Crippen LogP contribution in [0.3, 0.4) is 0 Å². The number of hydrogen-bond donors (Lipinski definition) is 1. The number of sulfonamides is 1. The van der Waals surface area contributed by atoms with Gasteiger partial charge in [0.05, 0.1) is 17.5 Å². The van der Waals surface area contributed by atoms with Crippen LogP contribution in [0.4, 0.5) is 10.1 Å². The molecule has 0 radical (unpaired) electrons. The van der Waals surface area contributed by atoms with Crippen LogP contribution in [0, 0.1) is 5.82 Å². The Labute approximate surface area is 199 Å². The van der Waals surface area contributed by atoms with Gasteiger partial charge in [-0.25, -0.2) is 12.8 Å². The van der Waals surface area contributed by atoms with Crippen molar-refractivity contribution in [2.45, 2.75) is 19.5 Å². The lowest BCUT2D eigenvalue weighted by Gasteiger charge is -2.39. The summed E-state index contributed by atoms with van der Waals surface area (Å²) in [5, 5.41) is 0.794. The average Bonchev–Trinajstić information content (AvgIpc) is 2.78. The molecule has 9 heteroatoms. The summed E-state index contributed by atoms with van der Waals surface area (Å²) >= 11 is 0. The van der Waals surface area contributed by atoms with E-state index >= 15 is 0 Å². The molecule has 1 aliphatic heterocycles. The Morgan fingerprint density at radius 2 is 1.97 bits per heavy atom. The Morgan fingerprint density at radius 3 is 2.68 bits per heavy atom. The predicted octanol–water partition coefficient (Wildman–Crippen LogP) is 3.49. The highest BCUT2D eigenvalue weighted by Crippen LogP contribution is 2.25. The molecule has 178 valence electrons. The van der Waals surface area contributed by atoms with Crippen LogP contribution in [0.5, 0.6) is 0 Å². The van der Waals surface area contributed by atoms with Crippen LogP contribution >= 0.6 is 0 Å². The number of carbonyl (C=O) groups excluding carboxylic acids is 1. The van der Waals surface area contributed by atoms with Gasteiger partial charge in [-0.05, 0) is 48.9 Å². The molecule has 1 fully saturated rings. The molecular weight excluding hydrogens is 455 g/mol. The second kappa shape index (κ2) is 9.90. The molecule has 1 saturated heterocycles. The van der Waals surface area contributed by atoms with E-state index in [-0.39, 0.29) is 17.8 Å². The normalized spacial score (nSPS) is 17.4. The number of anilines is 1. The number of aromatic nitrogens is 1. The van der Waals surface area contributed by atoms with Gasteiger partial charge < -0.3 is 4.90 Å². The maximum absolute atomic E-state index is 13.1. The Kier molecular flexibility index (Phi) is 6.95. The molecule has 0 spiro atoms. The van der Waals surface area contributed by atoms with Crippen LogP contribution in [0.15, 0.2) is 60.8 Å². The molecule has 3 aromatic rings. The van der Waals surface area contributed by atoms with Crippen molar-refractivity contribution in [2.75, 3.05) is 30.6 Å². The average molecular weight is 483 g/mol. The third-order valence-corrected chi connectivity index (χ3v) is 6.38. The minimum atomic E-state index is -3.50. The van der Waals surface area contributed by atoms with Crippen molar-refractivity contribution in [3.63, 3.8) is 0 Å². The fourth-order valence-corrected chi connectivity index (χ4v) is 4.75. The largest absolute Gasteiger partial charge is 0.334 e. The van der Waals surface area contributed by atoms with Crippen LogP contribution < -0.4 is 4.72 Å². The summed E-state index contributed by atoms with van der Waals surface area (Å²) in [6.45, 7) is 4.69. The summed E-state index contributed by atoms with van der Waals surface area (Å²) in [7, 11) is -3.50. The third kappa shape index (κ3) is 5.98. The number of nitrogens with one attached hydrogen (secondary N) is 1. The number of nitrogens with zero attached hydrogens (tertiary/aromatic N) is 3. The zero-order chi connectivity index (χ0) is 24.3. The van der Waals surface area contributed by atoms with Crippen molar-refractivity contribution in [1.29, 1.82) is 0 Å². The molecule has 1 atom stereocenters. The maximum Gasteiger partial charge on any atom is 0.246 e. The molecule has 0 aliphatic carbocycles. The van der Waals surface area contributed by atoms with Gasteiger partial charge in [-0.2, -0.15) is 0 Å². The maximum atomic E-state index is 13.1. The van der Waals surface area contributed by atoms with E-state index in [0.29, 0.717) is 42.9 Å². The summed E-state index contributed by atoms with van der Waals surface area (Å²) in [5.41, 5.74) is 2.69. The third-order valence-electron chi connectivity index (χ3n) is 5.79. The first kappa shape index (κ1) is 23.8. The quantitative estimate of drug-likeness (QED) is 0.544. The fraction of sp³-hybridized carbons (Fsp3) is 0.280. The second-order valence-corrected chi connectivity index (χ2v) is 10.3. The lowest BCUT2D eigenvalue weighted by atomic mass is 10.1. The monoisotopic (exact) mass is 482 g/mol. The molecule has 7 nitrogen and oxygen atoms in total. The van der Waals surface area contributed by atoms with Crippen LogP contribution in [-0.4, -0.2) is 61.0 Å². The second-order valence-electron chi connectivity index (χ2n) is 8.59. The first-order valence-corrected chi connectivity index (χ1v) is 12.9.